The number of benzene rings is 2. The number of carbonyl (C=O) groups is 2. The maximum Gasteiger partial charge on any atom is 0.317 e. The Labute approximate surface area is 145 Å². The van der Waals surface area contributed by atoms with Gasteiger partial charge in [-0.25, -0.2) is 0 Å². The van der Waals surface area contributed by atoms with E-state index in [1.54, 1.807) is 12.1 Å². The summed E-state index contributed by atoms with van der Waals surface area (Å²) in [6, 6.07) is 19.0. The zero-order valence-electron chi connectivity index (χ0n) is 13.2. The van der Waals surface area contributed by atoms with Gasteiger partial charge in [-0.3, -0.25) is 9.59 Å². The zero-order chi connectivity index (χ0) is 16.8. The SMILES string of the molecule is O=C(CSc1ccccc1)O[C@@H](C(=O)NC1CC1)c1ccccc1. The Morgan fingerprint density at radius 1 is 1.04 bits per heavy atom. The van der Waals surface area contributed by atoms with Gasteiger partial charge in [0.15, 0.2) is 0 Å². The predicted octanol–water partition coefficient (Wildman–Crippen LogP) is 3.34. The van der Waals surface area contributed by atoms with Crippen LogP contribution < -0.4 is 5.32 Å². The Morgan fingerprint density at radius 3 is 2.29 bits per heavy atom. The van der Waals surface area contributed by atoms with Crippen LogP contribution in [0.1, 0.15) is 24.5 Å². The van der Waals surface area contributed by atoms with Gasteiger partial charge in [0, 0.05) is 16.5 Å². The van der Waals surface area contributed by atoms with E-state index in [-0.39, 0.29) is 17.7 Å². The fourth-order valence-corrected chi connectivity index (χ4v) is 2.93. The maximum absolute atomic E-state index is 12.4. The first-order valence-corrected chi connectivity index (χ1v) is 8.93. The first-order valence-electron chi connectivity index (χ1n) is 7.95. The van der Waals surface area contributed by atoms with Crippen LogP contribution in [0.4, 0.5) is 0 Å². The van der Waals surface area contributed by atoms with E-state index in [1.165, 1.54) is 11.8 Å². The lowest BCUT2D eigenvalue weighted by Crippen LogP contribution is -2.33. The first-order chi connectivity index (χ1) is 11.7. The number of hydrogen-bond donors (Lipinski definition) is 1. The standard InChI is InChI=1S/C19H19NO3S/c21-17(13-24-16-9-5-2-6-10-16)23-18(14-7-3-1-4-8-14)19(22)20-15-11-12-15/h1-10,15,18H,11-13H2,(H,20,22)/t18-/m1/s1. The van der Waals surface area contributed by atoms with E-state index < -0.39 is 12.1 Å². The van der Waals surface area contributed by atoms with Crippen LogP contribution in [0.2, 0.25) is 0 Å². The first kappa shape index (κ1) is 16.6. The molecule has 1 amide bonds. The molecule has 0 bridgehead atoms. The van der Waals surface area contributed by atoms with Crippen molar-refractivity contribution in [3.63, 3.8) is 0 Å². The molecule has 1 saturated carbocycles. The van der Waals surface area contributed by atoms with Crippen LogP contribution in [0.25, 0.3) is 0 Å². The zero-order valence-corrected chi connectivity index (χ0v) is 14.0. The van der Waals surface area contributed by atoms with Crippen LogP contribution in [0.5, 0.6) is 0 Å². The minimum atomic E-state index is -0.893. The van der Waals surface area contributed by atoms with Gasteiger partial charge < -0.3 is 10.1 Å². The number of ether oxygens (including phenoxy) is 1. The number of hydrogen-bond acceptors (Lipinski definition) is 4. The van der Waals surface area contributed by atoms with Crippen molar-refractivity contribution in [1.82, 2.24) is 5.32 Å². The Bertz CT molecular complexity index is 686. The molecule has 1 fully saturated rings. The molecule has 4 nitrogen and oxygen atoms in total. The molecule has 2 aromatic rings. The fourth-order valence-electron chi connectivity index (χ4n) is 2.23. The molecule has 3 rings (SSSR count). The van der Waals surface area contributed by atoms with E-state index >= 15 is 0 Å². The van der Waals surface area contributed by atoms with Gasteiger partial charge in [-0.05, 0) is 25.0 Å². The van der Waals surface area contributed by atoms with Crippen molar-refractivity contribution >= 4 is 23.6 Å². The minimum absolute atomic E-state index is 0.171. The highest BCUT2D eigenvalue weighted by Gasteiger charge is 2.30. The summed E-state index contributed by atoms with van der Waals surface area (Å²) < 4.78 is 5.48. The second-order valence-corrected chi connectivity index (χ2v) is 6.71. The number of nitrogens with one attached hydrogen (secondary N) is 1. The molecule has 0 saturated heterocycles. The highest BCUT2D eigenvalue weighted by molar-refractivity contribution is 8.00. The number of thioether (sulfide) groups is 1. The molecule has 1 atom stereocenters. The molecule has 0 aromatic heterocycles. The average molecular weight is 341 g/mol. The van der Waals surface area contributed by atoms with Crippen molar-refractivity contribution in [1.29, 1.82) is 0 Å². The van der Waals surface area contributed by atoms with Crippen LogP contribution in [-0.4, -0.2) is 23.7 Å². The third kappa shape index (κ3) is 4.86. The Balaban J connectivity index is 1.62. The summed E-state index contributed by atoms with van der Waals surface area (Å²) in [5.41, 5.74) is 0.689. The second kappa shape index (κ2) is 8.02. The lowest BCUT2D eigenvalue weighted by atomic mass is 10.1. The third-order valence-corrected chi connectivity index (χ3v) is 4.60. The average Bonchev–Trinajstić information content (AvgIpc) is 3.43. The molecule has 0 aliphatic heterocycles. The molecule has 0 unspecified atom stereocenters. The minimum Gasteiger partial charge on any atom is -0.447 e. The molecule has 124 valence electrons. The number of amides is 1. The Morgan fingerprint density at radius 2 is 1.67 bits per heavy atom. The smallest absolute Gasteiger partial charge is 0.317 e. The Kier molecular flexibility index (Phi) is 5.54. The Hall–Kier alpha value is -2.27. The molecule has 24 heavy (non-hydrogen) atoms. The second-order valence-electron chi connectivity index (χ2n) is 5.67. The lowest BCUT2D eigenvalue weighted by Gasteiger charge is -2.18. The normalized spacial score (nSPS) is 14.7. The maximum atomic E-state index is 12.4. The summed E-state index contributed by atoms with van der Waals surface area (Å²) in [4.78, 5) is 25.6. The van der Waals surface area contributed by atoms with Crippen LogP contribution in [0, 0.1) is 0 Å². The van der Waals surface area contributed by atoms with Gasteiger partial charge in [0.05, 0.1) is 5.75 Å². The number of carbonyl (C=O) groups excluding carboxylic acids is 2. The van der Waals surface area contributed by atoms with Gasteiger partial charge in [-0.2, -0.15) is 0 Å². The molecular formula is C19H19NO3S. The van der Waals surface area contributed by atoms with E-state index in [2.05, 4.69) is 5.32 Å². The molecule has 1 aliphatic rings. The summed E-state index contributed by atoms with van der Waals surface area (Å²) in [5.74, 6) is -0.477. The van der Waals surface area contributed by atoms with Crippen LogP contribution in [-0.2, 0) is 14.3 Å². The molecule has 5 heteroatoms. The van der Waals surface area contributed by atoms with Crippen molar-refractivity contribution in [2.24, 2.45) is 0 Å². The number of esters is 1. The fraction of sp³-hybridized carbons (Fsp3) is 0.263. The molecule has 1 N–H and O–H groups in total. The summed E-state index contributed by atoms with van der Waals surface area (Å²) in [6.07, 6.45) is 1.09. The largest absolute Gasteiger partial charge is 0.447 e. The highest BCUT2D eigenvalue weighted by atomic mass is 32.2. The van der Waals surface area contributed by atoms with E-state index in [0.717, 1.165) is 17.7 Å². The van der Waals surface area contributed by atoms with Gasteiger partial charge in [0.2, 0.25) is 6.10 Å². The summed E-state index contributed by atoms with van der Waals surface area (Å²) in [6.45, 7) is 0. The molecular weight excluding hydrogens is 322 g/mol. The molecule has 0 radical (unpaired) electrons. The van der Waals surface area contributed by atoms with Crippen LogP contribution in [0.3, 0.4) is 0 Å². The van der Waals surface area contributed by atoms with Crippen LogP contribution in [0.15, 0.2) is 65.6 Å². The van der Waals surface area contributed by atoms with Crippen molar-refractivity contribution in [2.75, 3.05) is 5.75 Å². The van der Waals surface area contributed by atoms with Crippen molar-refractivity contribution in [3.8, 4) is 0 Å². The van der Waals surface area contributed by atoms with E-state index in [9.17, 15) is 9.59 Å². The highest BCUT2D eigenvalue weighted by Crippen LogP contribution is 2.24. The van der Waals surface area contributed by atoms with Crippen molar-refractivity contribution < 1.29 is 14.3 Å². The summed E-state index contributed by atoms with van der Waals surface area (Å²) >= 11 is 1.40. The van der Waals surface area contributed by atoms with Gasteiger partial charge in [-0.1, -0.05) is 48.5 Å². The monoisotopic (exact) mass is 341 g/mol. The van der Waals surface area contributed by atoms with Crippen LogP contribution >= 0.6 is 11.8 Å². The van der Waals surface area contributed by atoms with Crippen molar-refractivity contribution in [3.05, 3.63) is 66.2 Å². The summed E-state index contributed by atoms with van der Waals surface area (Å²) in [7, 11) is 0. The van der Waals surface area contributed by atoms with E-state index in [4.69, 9.17) is 4.74 Å². The molecule has 0 spiro atoms. The lowest BCUT2D eigenvalue weighted by molar-refractivity contribution is -0.154. The predicted molar refractivity (Wildman–Crippen MR) is 93.6 cm³/mol. The third-order valence-electron chi connectivity index (χ3n) is 3.61. The van der Waals surface area contributed by atoms with E-state index in [0.29, 0.717) is 5.56 Å². The molecule has 2 aromatic carbocycles. The van der Waals surface area contributed by atoms with Crippen molar-refractivity contribution in [2.45, 2.75) is 29.9 Å². The van der Waals surface area contributed by atoms with Gasteiger partial charge in [0.1, 0.15) is 0 Å². The number of rotatable bonds is 7. The quantitative estimate of drug-likeness (QED) is 0.620. The van der Waals surface area contributed by atoms with Gasteiger partial charge >= 0.3 is 5.97 Å². The molecule has 0 heterocycles. The summed E-state index contributed by atoms with van der Waals surface area (Å²) in [5, 5.41) is 2.91. The van der Waals surface area contributed by atoms with Gasteiger partial charge in [0.25, 0.3) is 5.91 Å². The van der Waals surface area contributed by atoms with E-state index in [1.807, 2.05) is 48.5 Å². The topological polar surface area (TPSA) is 55.4 Å². The molecule has 1 aliphatic carbocycles. The van der Waals surface area contributed by atoms with Gasteiger partial charge in [-0.15, -0.1) is 11.8 Å².